The van der Waals surface area contributed by atoms with Crippen LogP contribution >= 0.6 is 11.6 Å². The lowest BCUT2D eigenvalue weighted by molar-refractivity contribution is 0.102. The van der Waals surface area contributed by atoms with Gasteiger partial charge in [0, 0.05) is 18.4 Å². The molecule has 1 amide bonds. The number of pyridine rings is 1. The molecule has 0 aliphatic carbocycles. The van der Waals surface area contributed by atoms with E-state index in [1.807, 2.05) is 31.2 Å². The van der Waals surface area contributed by atoms with E-state index in [9.17, 15) is 4.79 Å². The molecule has 0 aliphatic heterocycles. The summed E-state index contributed by atoms with van der Waals surface area (Å²) < 4.78 is 0. The highest BCUT2D eigenvalue weighted by Gasteiger charge is 2.10. The average molecular weight is 304 g/mol. The maximum absolute atomic E-state index is 12.2. The summed E-state index contributed by atoms with van der Waals surface area (Å²) in [6.07, 6.45) is 2.49. The summed E-state index contributed by atoms with van der Waals surface area (Å²) in [7, 11) is 0. The van der Waals surface area contributed by atoms with Crippen molar-refractivity contribution >= 4 is 29.0 Å². The smallest absolute Gasteiger partial charge is 0.257 e. The van der Waals surface area contributed by atoms with Gasteiger partial charge < -0.3 is 10.6 Å². The lowest BCUT2D eigenvalue weighted by atomic mass is 10.1. The Morgan fingerprint density at radius 3 is 2.52 bits per heavy atom. The van der Waals surface area contributed by atoms with Gasteiger partial charge in [0.15, 0.2) is 0 Å². The van der Waals surface area contributed by atoms with Crippen molar-refractivity contribution in [2.24, 2.45) is 0 Å². The van der Waals surface area contributed by atoms with Crippen LogP contribution in [0, 0.1) is 0 Å². The zero-order valence-electron chi connectivity index (χ0n) is 12.1. The summed E-state index contributed by atoms with van der Waals surface area (Å²) in [5.74, 6) is 0.361. The van der Waals surface area contributed by atoms with Crippen LogP contribution in [-0.2, 0) is 6.42 Å². The third-order valence-corrected chi connectivity index (χ3v) is 3.36. The van der Waals surface area contributed by atoms with Gasteiger partial charge >= 0.3 is 0 Å². The number of carbonyl (C=O) groups is 1. The number of benzene rings is 1. The fraction of sp³-hybridized carbons (Fsp3) is 0.250. The predicted molar refractivity (Wildman–Crippen MR) is 87.2 cm³/mol. The Bertz CT molecular complexity index is 626. The van der Waals surface area contributed by atoms with Crippen LogP contribution in [-0.4, -0.2) is 17.4 Å². The molecule has 21 heavy (non-hydrogen) atoms. The van der Waals surface area contributed by atoms with Crippen molar-refractivity contribution in [3.8, 4) is 0 Å². The second kappa shape index (κ2) is 7.09. The molecule has 0 unspecified atom stereocenters. The van der Waals surface area contributed by atoms with Crippen LogP contribution in [0.1, 0.15) is 29.8 Å². The van der Waals surface area contributed by atoms with Gasteiger partial charge in [-0.3, -0.25) is 4.79 Å². The number of hydrogen-bond donors (Lipinski definition) is 2. The Balaban J connectivity index is 2.10. The van der Waals surface area contributed by atoms with Gasteiger partial charge in [-0.15, -0.1) is 0 Å². The first-order valence-corrected chi connectivity index (χ1v) is 7.31. The van der Waals surface area contributed by atoms with E-state index >= 15 is 0 Å². The van der Waals surface area contributed by atoms with E-state index in [1.54, 1.807) is 6.07 Å². The van der Waals surface area contributed by atoms with E-state index in [0.717, 1.165) is 18.7 Å². The van der Waals surface area contributed by atoms with Gasteiger partial charge in [0.1, 0.15) is 5.82 Å². The number of nitrogens with one attached hydrogen (secondary N) is 2. The minimum absolute atomic E-state index is 0.225. The number of aromatic nitrogens is 1. The first kappa shape index (κ1) is 15.3. The van der Waals surface area contributed by atoms with Gasteiger partial charge in [0.05, 0.1) is 10.6 Å². The van der Waals surface area contributed by atoms with Gasteiger partial charge in [0.2, 0.25) is 0 Å². The van der Waals surface area contributed by atoms with Crippen LogP contribution in [0.25, 0.3) is 0 Å². The average Bonchev–Trinajstić information content (AvgIpc) is 2.50. The topological polar surface area (TPSA) is 54.0 Å². The standard InChI is InChI=1S/C16H18ClN3O/c1-3-11-5-7-13(8-6-11)20-16(21)12-9-14(17)15(18-4-2)19-10-12/h5-10H,3-4H2,1-2H3,(H,18,19)(H,20,21). The quantitative estimate of drug-likeness (QED) is 0.878. The largest absolute Gasteiger partial charge is 0.369 e. The normalized spacial score (nSPS) is 10.2. The van der Waals surface area contributed by atoms with E-state index in [0.29, 0.717) is 16.4 Å². The Morgan fingerprint density at radius 2 is 1.95 bits per heavy atom. The molecule has 4 nitrogen and oxygen atoms in total. The fourth-order valence-electron chi connectivity index (χ4n) is 1.89. The molecule has 0 bridgehead atoms. The molecule has 0 saturated carbocycles. The van der Waals surface area contributed by atoms with Crippen molar-refractivity contribution in [2.45, 2.75) is 20.3 Å². The van der Waals surface area contributed by atoms with Gasteiger partial charge in [0.25, 0.3) is 5.91 Å². The molecule has 1 aromatic carbocycles. The number of hydrogen-bond acceptors (Lipinski definition) is 3. The molecule has 0 fully saturated rings. The minimum Gasteiger partial charge on any atom is -0.369 e. The van der Waals surface area contributed by atoms with Gasteiger partial charge in [-0.1, -0.05) is 30.7 Å². The SMILES string of the molecule is CCNc1ncc(C(=O)Nc2ccc(CC)cc2)cc1Cl. The van der Waals surface area contributed by atoms with Crippen molar-refractivity contribution in [3.05, 3.63) is 52.7 Å². The van der Waals surface area contributed by atoms with Crippen LogP contribution in [0.4, 0.5) is 11.5 Å². The number of nitrogens with zero attached hydrogens (tertiary/aromatic N) is 1. The van der Waals surface area contributed by atoms with Crippen molar-refractivity contribution in [3.63, 3.8) is 0 Å². The molecule has 1 aromatic heterocycles. The molecule has 2 aromatic rings. The molecule has 0 aliphatic rings. The number of amides is 1. The fourth-order valence-corrected chi connectivity index (χ4v) is 2.12. The highest BCUT2D eigenvalue weighted by atomic mass is 35.5. The van der Waals surface area contributed by atoms with Crippen molar-refractivity contribution in [2.75, 3.05) is 17.2 Å². The van der Waals surface area contributed by atoms with Gasteiger partial charge in [-0.2, -0.15) is 0 Å². The van der Waals surface area contributed by atoms with E-state index in [-0.39, 0.29) is 5.91 Å². The lowest BCUT2D eigenvalue weighted by Crippen LogP contribution is -2.13. The highest BCUT2D eigenvalue weighted by Crippen LogP contribution is 2.20. The Hall–Kier alpha value is -2.07. The zero-order valence-corrected chi connectivity index (χ0v) is 12.9. The molecule has 0 atom stereocenters. The van der Waals surface area contributed by atoms with E-state index < -0.39 is 0 Å². The van der Waals surface area contributed by atoms with Gasteiger partial charge in [-0.05, 0) is 37.1 Å². The lowest BCUT2D eigenvalue weighted by Gasteiger charge is -2.08. The summed E-state index contributed by atoms with van der Waals surface area (Å²) >= 11 is 6.09. The molecule has 1 heterocycles. The summed E-state index contributed by atoms with van der Waals surface area (Å²) in [5.41, 5.74) is 2.41. The Labute approximate surface area is 129 Å². The summed E-state index contributed by atoms with van der Waals surface area (Å²) in [5, 5.41) is 6.30. The third-order valence-electron chi connectivity index (χ3n) is 3.07. The second-order valence-electron chi connectivity index (χ2n) is 4.59. The predicted octanol–water partition coefficient (Wildman–Crippen LogP) is 3.98. The molecule has 2 N–H and O–H groups in total. The molecule has 110 valence electrons. The molecule has 0 saturated heterocycles. The van der Waals surface area contributed by atoms with Crippen molar-refractivity contribution in [1.29, 1.82) is 0 Å². The Morgan fingerprint density at radius 1 is 1.24 bits per heavy atom. The number of halogens is 1. The van der Waals surface area contributed by atoms with E-state index in [2.05, 4.69) is 22.5 Å². The molecular weight excluding hydrogens is 286 g/mol. The van der Waals surface area contributed by atoms with Crippen LogP contribution in [0.2, 0.25) is 5.02 Å². The number of aryl methyl sites for hydroxylation is 1. The van der Waals surface area contributed by atoms with Crippen molar-refractivity contribution < 1.29 is 4.79 Å². The number of anilines is 2. The molecule has 0 radical (unpaired) electrons. The first-order valence-electron chi connectivity index (χ1n) is 6.93. The first-order chi connectivity index (χ1) is 10.1. The maximum atomic E-state index is 12.2. The van der Waals surface area contributed by atoms with Crippen LogP contribution in [0.3, 0.4) is 0 Å². The number of carbonyl (C=O) groups excluding carboxylic acids is 1. The molecule has 0 spiro atoms. The minimum atomic E-state index is -0.225. The summed E-state index contributed by atoms with van der Waals surface area (Å²) in [6, 6.07) is 9.38. The van der Waals surface area contributed by atoms with Crippen LogP contribution in [0.5, 0.6) is 0 Å². The monoisotopic (exact) mass is 303 g/mol. The van der Waals surface area contributed by atoms with Gasteiger partial charge in [-0.25, -0.2) is 4.98 Å². The van der Waals surface area contributed by atoms with Crippen LogP contribution in [0.15, 0.2) is 36.5 Å². The summed E-state index contributed by atoms with van der Waals surface area (Å²) in [6.45, 7) is 4.77. The maximum Gasteiger partial charge on any atom is 0.257 e. The molecular formula is C16H18ClN3O. The van der Waals surface area contributed by atoms with E-state index in [4.69, 9.17) is 11.6 Å². The summed E-state index contributed by atoms with van der Waals surface area (Å²) in [4.78, 5) is 16.3. The van der Waals surface area contributed by atoms with E-state index in [1.165, 1.54) is 11.8 Å². The number of rotatable bonds is 5. The Kier molecular flexibility index (Phi) is 5.17. The van der Waals surface area contributed by atoms with Crippen molar-refractivity contribution in [1.82, 2.24) is 4.98 Å². The zero-order chi connectivity index (χ0) is 15.2. The second-order valence-corrected chi connectivity index (χ2v) is 5.00. The highest BCUT2D eigenvalue weighted by molar-refractivity contribution is 6.33. The molecule has 2 rings (SSSR count). The van der Waals surface area contributed by atoms with Crippen LogP contribution < -0.4 is 10.6 Å². The molecule has 5 heteroatoms. The third kappa shape index (κ3) is 3.95.